The number of hydrogen-bond donors (Lipinski definition) is 1. The van der Waals surface area contributed by atoms with Crippen LogP contribution in [0.1, 0.15) is 16.9 Å². The Labute approximate surface area is 97.6 Å². The molecule has 0 spiro atoms. The number of nitrogens with zero attached hydrogens (tertiary/aromatic N) is 1. The highest BCUT2D eigenvalue weighted by Crippen LogP contribution is 2.02. The summed E-state index contributed by atoms with van der Waals surface area (Å²) in [6.45, 7) is 0.461. The van der Waals surface area contributed by atoms with Gasteiger partial charge in [-0.15, -0.1) is 22.9 Å². The predicted molar refractivity (Wildman–Crippen MR) is 60.6 cm³/mol. The molecule has 1 heterocycles. The summed E-state index contributed by atoms with van der Waals surface area (Å²) in [4.78, 5) is 15.5. The van der Waals surface area contributed by atoms with Gasteiger partial charge in [0.15, 0.2) is 0 Å². The molecular weight excluding hydrogens is 236 g/mol. The van der Waals surface area contributed by atoms with E-state index in [1.54, 1.807) is 18.0 Å². The van der Waals surface area contributed by atoms with Gasteiger partial charge in [-0.2, -0.15) is 0 Å². The van der Waals surface area contributed by atoms with Gasteiger partial charge in [0.2, 0.25) is 0 Å². The fraction of sp³-hybridized carbons (Fsp3) is 0.556. The molecule has 0 aromatic carbocycles. The van der Waals surface area contributed by atoms with Crippen LogP contribution >= 0.6 is 22.9 Å². The molecule has 0 aliphatic heterocycles. The Hall–Kier alpha value is -0.650. The van der Waals surface area contributed by atoms with Gasteiger partial charge >= 0.3 is 0 Å². The number of alkyl halides is 1. The van der Waals surface area contributed by atoms with Crippen molar-refractivity contribution in [1.29, 1.82) is 0 Å². The van der Waals surface area contributed by atoms with E-state index in [1.807, 2.05) is 0 Å². The highest BCUT2D eigenvalue weighted by atomic mass is 35.5. The summed E-state index contributed by atoms with van der Waals surface area (Å²) in [7, 11) is 1.59. The van der Waals surface area contributed by atoms with Gasteiger partial charge in [-0.1, -0.05) is 0 Å². The molecule has 84 valence electrons. The standard InChI is InChI=1S/C9H13ClN2O2S/c1-14-4-7(2-3-10)12-9(13)8-5-15-6-11-8/h5-7H,2-4H2,1H3,(H,12,13). The van der Waals surface area contributed by atoms with Crippen LogP contribution in [0.15, 0.2) is 10.9 Å². The van der Waals surface area contributed by atoms with Crippen molar-refractivity contribution >= 4 is 28.8 Å². The molecular formula is C9H13ClN2O2S. The van der Waals surface area contributed by atoms with E-state index in [0.29, 0.717) is 24.6 Å². The van der Waals surface area contributed by atoms with E-state index in [-0.39, 0.29) is 11.9 Å². The molecule has 0 saturated carbocycles. The smallest absolute Gasteiger partial charge is 0.271 e. The van der Waals surface area contributed by atoms with Crippen LogP contribution in [0.5, 0.6) is 0 Å². The van der Waals surface area contributed by atoms with Crippen molar-refractivity contribution in [3.05, 3.63) is 16.6 Å². The van der Waals surface area contributed by atoms with Gasteiger partial charge in [0.25, 0.3) is 5.91 Å². The maximum atomic E-state index is 11.6. The van der Waals surface area contributed by atoms with E-state index in [9.17, 15) is 4.79 Å². The maximum absolute atomic E-state index is 11.6. The molecule has 0 radical (unpaired) electrons. The number of ether oxygens (including phenoxy) is 1. The molecule has 0 aliphatic rings. The summed E-state index contributed by atoms with van der Waals surface area (Å²) in [5.41, 5.74) is 2.07. The van der Waals surface area contributed by atoms with Gasteiger partial charge < -0.3 is 10.1 Å². The minimum Gasteiger partial charge on any atom is -0.383 e. The Bertz CT molecular complexity index is 286. The molecule has 1 aromatic heterocycles. The summed E-state index contributed by atoms with van der Waals surface area (Å²) in [5, 5.41) is 4.53. The van der Waals surface area contributed by atoms with E-state index >= 15 is 0 Å². The Balaban J connectivity index is 2.47. The summed E-state index contributed by atoms with van der Waals surface area (Å²) in [5.74, 6) is 0.314. The molecule has 0 fully saturated rings. The zero-order chi connectivity index (χ0) is 11.1. The number of thiazole rings is 1. The summed E-state index contributed by atoms with van der Waals surface area (Å²) >= 11 is 7.01. The van der Waals surface area contributed by atoms with E-state index in [0.717, 1.165) is 0 Å². The molecule has 1 unspecified atom stereocenters. The SMILES string of the molecule is COCC(CCCl)NC(=O)c1cscn1. The number of rotatable bonds is 6. The van der Waals surface area contributed by atoms with Crippen LogP contribution in [0.3, 0.4) is 0 Å². The van der Waals surface area contributed by atoms with Crippen molar-refractivity contribution in [1.82, 2.24) is 10.3 Å². The first-order chi connectivity index (χ1) is 7.27. The lowest BCUT2D eigenvalue weighted by atomic mass is 10.2. The highest BCUT2D eigenvalue weighted by molar-refractivity contribution is 7.07. The van der Waals surface area contributed by atoms with Crippen LogP contribution in [0.4, 0.5) is 0 Å². The zero-order valence-electron chi connectivity index (χ0n) is 8.40. The van der Waals surface area contributed by atoms with E-state index < -0.39 is 0 Å². The minimum absolute atomic E-state index is 0.0540. The number of hydrogen-bond acceptors (Lipinski definition) is 4. The average molecular weight is 249 g/mol. The summed E-state index contributed by atoms with van der Waals surface area (Å²) in [6.07, 6.45) is 0.686. The molecule has 1 aromatic rings. The van der Waals surface area contributed by atoms with Gasteiger partial charge in [0.05, 0.1) is 18.2 Å². The van der Waals surface area contributed by atoms with E-state index in [2.05, 4.69) is 10.3 Å². The second kappa shape index (κ2) is 6.76. The summed E-state index contributed by atoms with van der Waals surface area (Å²) < 4.78 is 4.98. The number of amides is 1. The number of aromatic nitrogens is 1. The lowest BCUT2D eigenvalue weighted by Crippen LogP contribution is -2.38. The maximum Gasteiger partial charge on any atom is 0.271 e. The van der Waals surface area contributed by atoms with Gasteiger partial charge in [0.1, 0.15) is 5.69 Å². The number of carbonyl (C=O) groups is 1. The van der Waals surface area contributed by atoms with Crippen LogP contribution in [0, 0.1) is 0 Å². The number of methoxy groups -OCH3 is 1. The van der Waals surface area contributed by atoms with Gasteiger partial charge in [0, 0.05) is 18.4 Å². The number of nitrogens with one attached hydrogen (secondary N) is 1. The fourth-order valence-electron chi connectivity index (χ4n) is 1.11. The highest BCUT2D eigenvalue weighted by Gasteiger charge is 2.14. The third-order valence-corrected chi connectivity index (χ3v) is 2.63. The second-order valence-corrected chi connectivity index (χ2v) is 4.07. The lowest BCUT2D eigenvalue weighted by Gasteiger charge is -2.15. The molecule has 15 heavy (non-hydrogen) atoms. The lowest BCUT2D eigenvalue weighted by molar-refractivity contribution is 0.0891. The topological polar surface area (TPSA) is 51.2 Å². The van der Waals surface area contributed by atoms with Crippen molar-refractivity contribution in [2.45, 2.75) is 12.5 Å². The number of halogens is 1. The zero-order valence-corrected chi connectivity index (χ0v) is 9.98. The first-order valence-corrected chi connectivity index (χ1v) is 5.99. The Morgan fingerprint density at radius 2 is 2.60 bits per heavy atom. The monoisotopic (exact) mass is 248 g/mol. The van der Waals surface area contributed by atoms with Crippen molar-refractivity contribution in [3.63, 3.8) is 0 Å². The molecule has 1 atom stereocenters. The third-order valence-electron chi connectivity index (χ3n) is 1.83. The molecule has 6 heteroatoms. The van der Waals surface area contributed by atoms with Crippen molar-refractivity contribution in [2.75, 3.05) is 19.6 Å². The minimum atomic E-state index is -0.177. The molecule has 4 nitrogen and oxygen atoms in total. The molecule has 0 saturated heterocycles. The molecule has 0 aliphatic carbocycles. The Morgan fingerprint density at radius 1 is 1.80 bits per heavy atom. The first kappa shape index (κ1) is 12.4. The number of carbonyl (C=O) groups excluding carboxylic acids is 1. The van der Waals surface area contributed by atoms with Gasteiger partial charge in [-0.3, -0.25) is 4.79 Å². The fourth-order valence-corrected chi connectivity index (χ4v) is 1.91. The van der Waals surface area contributed by atoms with E-state index in [1.165, 1.54) is 11.3 Å². The predicted octanol–water partition coefficient (Wildman–Crippen LogP) is 1.52. The molecule has 1 N–H and O–H groups in total. The van der Waals surface area contributed by atoms with Crippen LogP contribution in [-0.2, 0) is 4.74 Å². The first-order valence-electron chi connectivity index (χ1n) is 4.52. The van der Waals surface area contributed by atoms with Gasteiger partial charge in [-0.05, 0) is 6.42 Å². The molecule has 1 amide bonds. The average Bonchev–Trinajstić information content (AvgIpc) is 2.71. The van der Waals surface area contributed by atoms with Crippen LogP contribution in [0.2, 0.25) is 0 Å². The molecule has 1 rings (SSSR count). The van der Waals surface area contributed by atoms with Crippen LogP contribution < -0.4 is 5.32 Å². The van der Waals surface area contributed by atoms with E-state index in [4.69, 9.17) is 16.3 Å². The Morgan fingerprint density at radius 3 is 3.13 bits per heavy atom. The van der Waals surface area contributed by atoms with Crippen molar-refractivity contribution in [2.24, 2.45) is 0 Å². The molecule has 0 bridgehead atoms. The van der Waals surface area contributed by atoms with Crippen LogP contribution in [-0.4, -0.2) is 36.5 Å². The third kappa shape index (κ3) is 4.15. The van der Waals surface area contributed by atoms with Crippen molar-refractivity contribution < 1.29 is 9.53 Å². The summed E-state index contributed by atoms with van der Waals surface area (Å²) in [6, 6.07) is -0.0540. The quantitative estimate of drug-likeness (QED) is 0.777. The van der Waals surface area contributed by atoms with Crippen LogP contribution in [0.25, 0.3) is 0 Å². The largest absolute Gasteiger partial charge is 0.383 e. The normalized spacial score (nSPS) is 12.4. The Kier molecular flexibility index (Phi) is 5.60. The van der Waals surface area contributed by atoms with Gasteiger partial charge in [-0.25, -0.2) is 4.98 Å². The second-order valence-electron chi connectivity index (χ2n) is 2.98. The van der Waals surface area contributed by atoms with Crippen molar-refractivity contribution in [3.8, 4) is 0 Å².